The second kappa shape index (κ2) is 9.54. The standard InChI is InChI=1S/C21H29N7O/c1-29-18-10-8-9-17(15-18)16-22-26-19-23-20(27-11-4-2-5-12-27)25-21(24-19)28-13-6-3-7-14-28/h8-10,15-16H,2-7,11-14H2,1H3,(H,23,24,25,26)/b22-16+. The number of nitrogens with zero attached hydrogens (tertiary/aromatic N) is 6. The zero-order valence-corrected chi connectivity index (χ0v) is 17.0. The molecule has 1 N–H and O–H groups in total. The van der Waals surface area contributed by atoms with Gasteiger partial charge in [0.05, 0.1) is 13.3 Å². The highest BCUT2D eigenvalue weighted by Crippen LogP contribution is 2.22. The van der Waals surface area contributed by atoms with Crippen molar-refractivity contribution in [3.8, 4) is 5.75 Å². The largest absolute Gasteiger partial charge is 0.497 e. The zero-order chi connectivity index (χ0) is 19.9. The SMILES string of the molecule is COc1cccc(/C=N/Nc2nc(N3CCCCC3)nc(N3CCCCC3)n2)c1. The Kier molecular flexibility index (Phi) is 6.38. The molecule has 4 rings (SSSR count). The lowest BCUT2D eigenvalue weighted by atomic mass is 10.1. The van der Waals surface area contributed by atoms with Gasteiger partial charge in [0.2, 0.25) is 17.8 Å². The molecular formula is C21H29N7O. The van der Waals surface area contributed by atoms with E-state index in [1.165, 1.54) is 38.5 Å². The molecule has 3 heterocycles. The van der Waals surface area contributed by atoms with E-state index in [-0.39, 0.29) is 0 Å². The van der Waals surface area contributed by atoms with Crippen LogP contribution in [0.25, 0.3) is 0 Å². The molecule has 2 saturated heterocycles. The first-order chi connectivity index (χ1) is 14.3. The maximum Gasteiger partial charge on any atom is 0.250 e. The number of aromatic nitrogens is 3. The molecule has 8 heteroatoms. The quantitative estimate of drug-likeness (QED) is 0.594. The van der Waals surface area contributed by atoms with Crippen LogP contribution >= 0.6 is 0 Å². The maximum absolute atomic E-state index is 5.26. The molecule has 0 radical (unpaired) electrons. The van der Waals surface area contributed by atoms with E-state index in [1.807, 2.05) is 24.3 Å². The van der Waals surface area contributed by atoms with Crippen LogP contribution < -0.4 is 20.0 Å². The average molecular weight is 396 g/mol. The van der Waals surface area contributed by atoms with Crippen LogP contribution in [0, 0.1) is 0 Å². The Morgan fingerprint density at radius 3 is 2.10 bits per heavy atom. The first-order valence-corrected chi connectivity index (χ1v) is 10.5. The molecule has 29 heavy (non-hydrogen) atoms. The van der Waals surface area contributed by atoms with Crippen LogP contribution in [0.4, 0.5) is 17.8 Å². The average Bonchev–Trinajstić information content (AvgIpc) is 2.80. The van der Waals surface area contributed by atoms with Gasteiger partial charge < -0.3 is 14.5 Å². The molecule has 0 atom stereocenters. The van der Waals surface area contributed by atoms with Crippen LogP contribution in [0.5, 0.6) is 5.75 Å². The van der Waals surface area contributed by atoms with Gasteiger partial charge in [0.1, 0.15) is 5.75 Å². The maximum atomic E-state index is 5.26. The molecule has 0 spiro atoms. The van der Waals surface area contributed by atoms with Crippen LogP contribution in [-0.2, 0) is 0 Å². The number of benzene rings is 1. The number of hydrogen-bond acceptors (Lipinski definition) is 8. The van der Waals surface area contributed by atoms with Crippen molar-refractivity contribution in [3.05, 3.63) is 29.8 Å². The number of hydrogen-bond donors (Lipinski definition) is 1. The summed E-state index contributed by atoms with van der Waals surface area (Å²) in [6.07, 6.45) is 9.02. The summed E-state index contributed by atoms with van der Waals surface area (Å²) in [5, 5.41) is 4.34. The van der Waals surface area contributed by atoms with Gasteiger partial charge in [-0.2, -0.15) is 20.1 Å². The molecule has 0 aliphatic carbocycles. The summed E-state index contributed by atoms with van der Waals surface area (Å²) in [6, 6.07) is 7.74. The molecule has 2 aliphatic heterocycles. The summed E-state index contributed by atoms with van der Waals surface area (Å²) in [4.78, 5) is 18.6. The lowest BCUT2D eigenvalue weighted by molar-refractivity contribution is 0.415. The molecule has 0 saturated carbocycles. The lowest BCUT2D eigenvalue weighted by Crippen LogP contribution is -2.34. The van der Waals surface area contributed by atoms with Crippen molar-refractivity contribution in [2.24, 2.45) is 5.10 Å². The van der Waals surface area contributed by atoms with E-state index in [9.17, 15) is 0 Å². The molecule has 154 valence electrons. The van der Waals surface area contributed by atoms with Gasteiger partial charge in [0.15, 0.2) is 0 Å². The first-order valence-electron chi connectivity index (χ1n) is 10.5. The smallest absolute Gasteiger partial charge is 0.250 e. The third-order valence-corrected chi connectivity index (χ3v) is 5.36. The minimum Gasteiger partial charge on any atom is -0.497 e. The van der Waals surface area contributed by atoms with Gasteiger partial charge in [-0.05, 0) is 56.2 Å². The fourth-order valence-electron chi connectivity index (χ4n) is 3.76. The highest BCUT2D eigenvalue weighted by Gasteiger charge is 2.20. The lowest BCUT2D eigenvalue weighted by Gasteiger charge is -2.30. The summed E-state index contributed by atoms with van der Waals surface area (Å²) in [5.41, 5.74) is 3.95. The fourth-order valence-corrected chi connectivity index (χ4v) is 3.76. The fraction of sp³-hybridized carbons (Fsp3) is 0.524. The Hall–Kier alpha value is -2.90. The summed E-state index contributed by atoms with van der Waals surface area (Å²) in [5.74, 6) is 2.79. The van der Waals surface area contributed by atoms with Crippen molar-refractivity contribution >= 4 is 24.1 Å². The Labute approximate surface area is 172 Å². The van der Waals surface area contributed by atoms with Crippen molar-refractivity contribution in [1.29, 1.82) is 0 Å². The van der Waals surface area contributed by atoms with E-state index in [4.69, 9.17) is 9.72 Å². The highest BCUT2D eigenvalue weighted by atomic mass is 16.5. The summed E-state index contributed by atoms with van der Waals surface area (Å²) in [7, 11) is 1.66. The van der Waals surface area contributed by atoms with Crippen LogP contribution in [-0.4, -0.2) is 54.5 Å². The van der Waals surface area contributed by atoms with E-state index in [0.29, 0.717) is 5.95 Å². The normalized spacial score (nSPS) is 17.6. The molecule has 2 fully saturated rings. The van der Waals surface area contributed by atoms with Crippen molar-refractivity contribution in [1.82, 2.24) is 15.0 Å². The summed E-state index contributed by atoms with van der Waals surface area (Å²) >= 11 is 0. The Balaban J connectivity index is 1.54. The van der Waals surface area contributed by atoms with E-state index < -0.39 is 0 Å². The van der Waals surface area contributed by atoms with Crippen LogP contribution in [0.1, 0.15) is 44.1 Å². The Morgan fingerprint density at radius 1 is 0.897 bits per heavy atom. The van der Waals surface area contributed by atoms with Crippen LogP contribution in [0.15, 0.2) is 29.4 Å². The molecule has 0 unspecified atom stereocenters. The van der Waals surface area contributed by atoms with Gasteiger partial charge in [-0.1, -0.05) is 12.1 Å². The van der Waals surface area contributed by atoms with Crippen molar-refractivity contribution < 1.29 is 4.74 Å². The molecule has 2 aliphatic rings. The van der Waals surface area contributed by atoms with Crippen LogP contribution in [0.2, 0.25) is 0 Å². The summed E-state index contributed by atoms with van der Waals surface area (Å²) < 4.78 is 5.26. The van der Waals surface area contributed by atoms with Gasteiger partial charge in [0, 0.05) is 26.2 Å². The Morgan fingerprint density at radius 2 is 1.52 bits per heavy atom. The van der Waals surface area contributed by atoms with Gasteiger partial charge in [-0.3, -0.25) is 0 Å². The zero-order valence-electron chi connectivity index (χ0n) is 17.0. The third-order valence-electron chi connectivity index (χ3n) is 5.36. The van der Waals surface area contributed by atoms with Gasteiger partial charge in [-0.25, -0.2) is 5.43 Å². The van der Waals surface area contributed by atoms with E-state index in [2.05, 4.69) is 30.3 Å². The van der Waals surface area contributed by atoms with Gasteiger partial charge >= 0.3 is 0 Å². The molecule has 2 aromatic rings. The number of anilines is 3. The van der Waals surface area contributed by atoms with Crippen molar-refractivity contribution in [2.75, 3.05) is 48.5 Å². The predicted molar refractivity (Wildman–Crippen MR) is 116 cm³/mol. The second-order valence-electron chi connectivity index (χ2n) is 7.50. The second-order valence-corrected chi connectivity index (χ2v) is 7.50. The number of hydrazone groups is 1. The first kappa shape index (κ1) is 19.4. The van der Waals surface area contributed by atoms with E-state index in [0.717, 1.165) is 49.4 Å². The highest BCUT2D eigenvalue weighted by molar-refractivity contribution is 5.80. The number of ether oxygens (including phenoxy) is 1. The third kappa shape index (κ3) is 5.13. The Bertz CT molecular complexity index is 793. The number of methoxy groups -OCH3 is 1. The van der Waals surface area contributed by atoms with Gasteiger partial charge in [0.25, 0.3) is 0 Å². The molecular weight excluding hydrogens is 366 g/mol. The number of rotatable bonds is 6. The predicted octanol–water partition coefficient (Wildman–Crippen LogP) is 3.31. The van der Waals surface area contributed by atoms with Gasteiger partial charge in [-0.15, -0.1) is 0 Å². The van der Waals surface area contributed by atoms with Crippen molar-refractivity contribution in [2.45, 2.75) is 38.5 Å². The molecule has 1 aromatic carbocycles. The molecule has 1 aromatic heterocycles. The van der Waals surface area contributed by atoms with Crippen LogP contribution in [0.3, 0.4) is 0 Å². The molecule has 0 bridgehead atoms. The molecule has 0 amide bonds. The summed E-state index contributed by atoms with van der Waals surface area (Å²) in [6.45, 7) is 3.98. The topological polar surface area (TPSA) is 78.8 Å². The van der Waals surface area contributed by atoms with Crippen molar-refractivity contribution in [3.63, 3.8) is 0 Å². The number of piperidine rings is 2. The minimum atomic E-state index is 0.486. The monoisotopic (exact) mass is 395 g/mol. The minimum absolute atomic E-state index is 0.486. The van der Waals surface area contributed by atoms with E-state index in [1.54, 1.807) is 13.3 Å². The molecule has 8 nitrogen and oxygen atoms in total. The number of nitrogens with one attached hydrogen (secondary N) is 1. The van der Waals surface area contributed by atoms with E-state index >= 15 is 0 Å².